The Morgan fingerprint density at radius 2 is 1.81 bits per heavy atom. The summed E-state index contributed by atoms with van der Waals surface area (Å²) in [6.07, 6.45) is -3.73. The first kappa shape index (κ1) is 24.3. The first-order chi connectivity index (χ1) is 17.6. The van der Waals surface area contributed by atoms with Crippen LogP contribution in [0.25, 0.3) is 39.0 Å². The fourth-order valence-electron chi connectivity index (χ4n) is 4.39. The van der Waals surface area contributed by atoms with Gasteiger partial charge in [0.15, 0.2) is 0 Å². The van der Waals surface area contributed by atoms with E-state index in [4.69, 9.17) is 0 Å². The number of benzene rings is 3. The summed E-state index contributed by atoms with van der Waals surface area (Å²) in [4.78, 5) is 0. The Morgan fingerprint density at radius 1 is 1.05 bits per heavy atom. The largest absolute Gasteiger partial charge is 0.417 e. The lowest BCUT2D eigenvalue weighted by Crippen LogP contribution is -2.09. The normalized spacial score (nSPS) is 12.6. The van der Waals surface area contributed by atoms with Crippen LogP contribution in [-0.2, 0) is 13.2 Å². The van der Waals surface area contributed by atoms with Gasteiger partial charge < -0.3 is 10.4 Å². The average Bonchev–Trinajstić information content (AvgIpc) is 3.50. The van der Waals surface area contributed by atoms with Crippen LogP contribution < -0.4 is 5.32 Å². The number of aliphatic hydroxyl groups excluding tert-OH is 1. The van der Waals surface area contributed by atoms with Gasteiger partial charge in [-0.3, -0.25) is 9.78 Å². The maximum absolute atomic E-state index is 13.8. The molecule has 5 aromatic rings. The number of H-pyrrole nitrogens is 1. The molecule has 37 heavy (non-hydrogen) atoms. The molecule has 0 radical (unpaired) electrons. The summed E-state index contributed by atoms with van der Waals surface area (Å²) in [7, 11) is 1.65. The molecule has 0 aliphatic carbocycles. The molecule has 3 aromatic carbocycles. The zero-order valence-corrected chi connectivity index (χ0v) is 20.1. The highest BCUT2D eigenvalue weighted by Crippen LogP contribution is 2.40. The molecular weight excluding hydrogens is 479 g/mol. The van der Waals surface area contributed by atoms with Gasteiger partial charge in [0.1, 0.15) is 0 Å². The molecule has 0 bridgehead atoms. The monoisotopic (exact) mass is 503 g/mol. The van der Waals surface area contributed by atoms with Gasteiger partial charge >= 0.3 is 6.18 Å². The number of aliphatic hydroxyl groups is 1. The quantitative estimate of drug-likeness (QED) is 0.239. The van der Waals surface area contributed by atoms with Gasteiger partial charge in [-0.2, -0.15) is 23.4 Å². The van der Waals surface area contributed by atoms with Crippen LogP contribution in [0.5, 0.6) is 0 Å². The molecule has 0 spiro atoms. The predicted molar refractivity (Wildman–Crippen MR) is 138 cm³/mol. The van der Waals surface area contributed by atoms with E-state index in [0.29, 0.717) is 28.2 Å². The summed E-state index contributed by atoms with van der Waals surface area (Å²) in [5, 5.41) is 25.7. The number of hydrogen-bond donors (Lipinski definition) is 3. The lowest BCUT2D eigenvalue weighted by molar-refractivity contribution is -0.137. The molecule has 0 saturated heterocycles. The zero-order valence-electron chi connectivity index (χ0n) is 20.1. The molecule has 9 heteroatoms. The van der Waals surface area contributed by atoms with Gasteiger partial charge in [0, 0.05) is 35.5 Å². The Morgan fingerprint density at radius 3 is 2.46 bits per heavy atom. The van der Waals surface area contributed by atoms with Gasteiger partial charge in [0.05, 0.1) is 34.3 Å². The Hall–Kier alpha value is -4.37. The number of aryl methyl sites for hydroxylation is 1. The third-order valence-corrected chi connectivity index (χ3v) is 6.19. The van der Waals surface area contributed by atoms with E-state index >= 15 is 0 Å². The molecule has 0 saturated carbocycles. The Balaban J connectivity index is 1.62. The Kier molecular flexibility index (Phi) is 6.08. The number of halogens is 3. The number of nitrogens with zero attached hydrogens (tertiary/aromatic N) is 3. The van der Waals surface area contributed by atoms with Gasteiger partial charge in [0.25, 0.3) is 0 Å². The number of rotatable bonds is 6. The first-order valence-corrected chi connectivity index (χ1v) is 11.6. The molecule has 2 heterocycles. The van der Waals surface area contributed by atoms with Crippen LogP contribution in [-0.4, -0.2) is 25.1 Å². The maximum Gasteiger partial charge on any atom is 0.417 e. The van der Waals surface area contributed by atoms with Crippen LogP contribution in [0.15, 0.2) is 79.5 Å². The van der Waals surface area contributed by atoms with Crippen LogP contribution in [0.3, 0.4) is 0 Å². The van der Waals surface area contributed by atoms with Crippen molar-refractivity contribution in [2.75, 3.05) is 5.32 Å². The topological polar surface area (TPSA) is 78.8 Å². The lowest BCUT2D eigenvalue weighted by Gasteiger charge is -2.18. The highest BCUT2D eigenvalue weighted by atomic mass is 19.4. The molecule has 188 valence electrons. The number of aromatic nitrogens is 4. The molecule has 0 aliphatic rings. The fourth-order valence-corrected chi connectivity index (χ4v) is 4.39. The van der Waals surface area contributed by atoms with Crippen LogP contribution in [0.2, 0.25) is 0 Å². The van der Waals surface area contributed by atoms with Gasteiger partial charge in [0.2, 0.25) is 0 Å². The minimum Gasteiger partial charge on any atom is -0.387 e. The van der Waals surface area contributed by atoms with Crippen molar-refractivity contribution >= 4 is 22.3 Å². The van der Waals surface area contributed by atoms with Crippen molar-refractivity contribution < 1.29 is 18.3 Å². The highest BCUT2D eigenvalue weighted by Gasteiger charge is 2.34. The summed E-state index contributed by atoms with van der Waals surface area (Å²) in [5.41, 5.74) is 3.83. The SMILES string of the molecule is C=C(Nc1c(-c2ccccc2)ccc2c(C(C)O)n[nH]c12)c1ccc(C(F)(F)F)c(-c2ccn(C)n2)c1. The smallest absolute Gasteiger partial charge is 0.387 e. The average molecular weight is 504 g/mol. The Labute approximate surface area is 211 Å². The van der Waals surface area contributed by atoms with Gasteiger partial charge in [-0.1, -0.05) is 55.1 Å². The number of aromatic amines is 1. The fraction of sp³-hybridized carbons (Fsp3) is 0.143. The van der Waals surface area contributed by atoms with Crippen molar-refractivity contribution in [2.45, 2.75) is 19.2 Å². The van der Waals surface area contributed by atoms with Crippen molar-refractivity contribution in [3.8, 4) is 22.4 Å². The first-order valence-electron chi connectivity index (χ1n) is 11.6. The van der Waals surface area contributed by atoms with Gasteiger partial charge in [-0.25, -0.2) is 0 Å². The van der Waals surface area contributed by atoms with Crippen LogP contribution in [0, 0.1) is 0 Å². The van der Waals surface area contributed by atoms with Crippen molar-refractivity contribution in [3.63, 3.8) is 0 Å². The van der Waals surface area contributed by atoms with E-state index in [2.05, 4.69) is 27.2 Å². The van der Waals surface area contributed by atoms with E-state index in [0.717, 1.165) is 22.6 Å². The van der Waals surface area contributed by atoms with Gasteiger partial charge in [-0.05, 0) is 36.2 Å². The van der Waals surface area contributed by atoms with Crippen molar-refractivity contribution in [1.82, 2.24) is 20.0 Å². The number of hydrogen-bond acceptors (Lipinski definition) is 4. The second-order valence-corrected chi connectivity index (χ2v) is 8.80. The van der Waals surface area contributed by atoms with Gasteiger partial charge in [-0.15, -0.1) is 0 Å². The molecule has 5 rings (SSSR count). The van der Waals surface area contributed by atoms with E-state index in [1.54, 1.807) is 26.2 Å². The Bertz CT molecular complexity index is 1600. The zero-order chi connectivity index (χ0) is 26.3. The number of fused-ring (bicyclic) bond motifs is 1. The van der Waals surface area contributed by atoms with E-state index in [1.807, 2.05) is 42.5 Å². The number of nitrogens with one attached hydrogen (secondary N) is 2. The molecule has 2 aromatic heterocycles. The second kappa shape index (κ2) is 9.25. The summed E-state index contributed by atoms with van der Waals surface area (Å²) in [6, 6.07) is 18.9. The molecule has 1 atom stereocenters. The van der Waals surface area contributed by atoms with Crippen molar-refractivity contribution in [1.29, 1.82) is 0 Å². The van der Waals surface area contributed by atoms with Crippen LogP contribution >= 0.6 is 0 Å². The number of anilines is 1. The van der Waals surface area contributed by atoms with E-state index in [1.165, 1.54) is 16.8 Å². The summed E-state index contributed by atoms with van der Waals surface area (Å²) in [6.45, 7) is 5.77. The molecule has 3 N–H and O–H groups in total. The third kappa shape index (κ3) is 4.61. The molecular formula is C28H24F3N5O. The minimum absolute atomic E-state index is 0.0343. The van der Waals surface area contributed by atoms with E-state index in [9.17, 15) is 18.3 Å². The molecule has 1 unspecified atom stereocenters. The predicted octanol–water partition coefficient (Wildman–Crippen LogP) is 6.79. The van der Waals surface area contributed by atoms with Crippen LogP contribution in [0.4, 0.5) is 18.9 Å². The molecule has 0 fully saturated rings. The lowest BCUT2D eigenvalue weighted by atomic mass is 9.98. The summed E-state index contributed by atoms with van der Waals surface area (Å²) in [5.74, 6) is 0. The van der Waals surface area contributed by atoms with E-state index in [-0.39, 0.29) is 11.3 Å². The molecule has 0 amide bonds. The van der Waals surface area contributed by atoms with E-state index < -0.39 is 17.8 Å². The summed E-state index contributed by atoms with van der Waals surface area (Å²) < 4.78 is 42.9. The van der Waals surface area contributed by atoms with Crippen molar-refractivity contribution in [3.05, 3.63) is 96.3 Å². The second-order valence-electron chi connectivity index (χ2n) is 8.80. The third-order valence-electron chi connectivity index (χ3n) is 6.19. The summed E-state index contributed by atoms with van der Waals surface area (Å²) >= 11 is 0. The highest BCUT2D eigenvalue weighted by molar-refractivity contribution is 6.03. The van der Waals surface area contributed by atoms with Crippen molar-refractivity contribution in [2.24, 2.45) is 7.05 Å². The van der Waals surface area contributed by atoms with Crippen LogP contribution in [0.1, 0.15) is 29.8 Å². The molecule has 6 nitrogen and oxygen atoms in total. The minimum atomic E-state index is -4.54. The standard InChI is InChI=1S/C28H24F3N5O/c1-16(19-9-12-23(28(29,30)31)22(15-19)24-13-14-36(3)35-24)32-26-20(18-7-5-4-6-8-18)10-11-21-25(17(2)37)33-34-27(21)26/h4-15,17,32,37H,1H2,2-3H3,(H,33,34). The molecule has 0 aliphatic heterocycles. The maximum atomic E-state index is 13.8. The number of alkyl halides is 3.